The van der Waals surface area contributed by atoms with Gasteiger partial charge in [-0.15, -0.1) is 0 Å². The topological polar surface area (TPSA) is 127 Å². The van der Waals surface area contributed by atoms with Crippen molar-refractivity contribution in [3.8, 4) is 23.3 Å². The third kappa shape index (κ3) is 7.12. The number of anilines is 2. The fraction of sp³-hybridized carbons (Fsp3) is 0.200. The van der Waals surface area contributed by atoms with Crippen molar-refractivity contribution in [1.29, 1.82) is 5.26 Å². The molecule has 35 heavy (non-hydrogen) atoms. The van der Waals surface area contributed by atoms with Crippen LogP contribution in [-0.4, -0.2) is 34.6 Å². The second kappa shape index (κ2) is 11.8. The number of nitriles is 1. The van der Waals surface area contributed by atoms with Crippen LogP contribution >= 0.6 is 0 Å². The molecule has 0 aromatic heterocycles. The van der Waals surface area contributed by atoms with Gasteiger partial charge in [0.05, 0.1) is 26.2 Å². The van der Waals surface area contributed by atoms with Crippen LogP contribution in [0.25, 0.3) is 0 Å². The Balaban J connectivity index is 1.68. The van der Waals surface area contributed by atoms with Crippen molar-refractivity contribution in [1.82, 2.24) is 0 Å². The maximum absolute atomic E-state index is 13.0. The van der Waals surface area contributed by atoms with Gasteiger partial charge in [0, 0.05) is 11.4 Å². The zero-order chi connectivity index (χ0) is 25.3. The minimum atomic E-state index is -4.02. The van der Waals surface area contributed by atoms with Crippen molar-refractivity contribution in [3.05, 3.63) is 72.3 Å². The molecule has 0 unspecified atom stereocenters. The van der Waals surface area contributed by atoms with E-state index in [2.05, 4.69) is 16.1 Å². The number of nitrogens with zero attached hydrogens (tertiary/aromatic N) is 1. The summed E-state index contributed by atoms with van der Waals surface area (Å²) in [6.07, 6.45) is 0.289. The van der Waals surface area contributed by atoms with Crippen LogP contribution in [0.2, 0.25) is 0 Å². The highest BCUT2D eigenvalue weighted by atomic mass is 32.2. The molecule has 3 aromatic carbocycles. The Hall–Kier alpha value is -4.23. The van der Waals surface area contributed by atoms with E-state index >= 15 is 0 Å². The first kappa shape index (κ1) is 25.4. The predicted octanol–water partition coefficient (Wildman–Crippen LogP) is 3.98. The van der Waals surface area contributed by atoms with Crippen molar-refractivity contribution in [2.45, 2.75) is 18.2 Å². The molecule has 10 heteroatoms. The van der Waals surface area contributed by atoms with Gasteiger partial charge in [-0.2, -0.15) is 5.26 Å². The van der Waals surface area contributed by atoms with Gasteiger partial charge in [0.25, 0.3) is 15.9 Å². The number of ether oxygens (including phenoxy) is 3. The summed E-state index contributed by atoms with van der Waals surface area (Å²) in [7, 11) is -2.66. The molecule has 0 aliphatic rings. The van der Waals surface area contributed by atoms with Gasteiger partial charge < -0.3 is 19.5 Å². The number of hydrogen-bond acceptors (Lipinski definition) is 7. The molecule has 0 aliphatic carbocycles. The lowest BCUT2D eigenvalue weighted by molar-refractivity contribution is -0.118. The zero-order valence-corrected chi connectivity index (χ0v) is 20.1. The smallest absolute Gasteiger partial charge is 0.265 e. The lowest BCUT2D eigenvalue weighted by Crippen LogP contribution is -2.21. The lowest BCUT2D eigenvalue weighted by atomic mass is 10.2. The van der Waals surface area contributed by atoms with Gasteiger partial charge in [-0.1, -0.05) is 12.1 Å². The third-order valence-corrected chi connectivity index (χ3v) is 6.13. The van der Waals surface area contributed by atoms with E-state index in [0.717, 1.165) is 5.56 Å². The Labute approximate surface area is 204 Å². The first-order chi connectivity index (χ1) is 16.8. The van der Waals surface area contributed by atoms with Crippen molar-refractivity contribution >= 4 is 27.3 Å². The number of carbonyl (C=O) groups excluding carboxylic acids is 1. The summed E-state index contributed by atoms with van der Waals surface area (Å²) in [4.78, 5) is 12.2. The van der Waals surface area contributed by atoms with Crippen molar-refractivity contribution in [2.24, 2.45) is 0 Å². The monoisotopic (exact) mass is 495 g/mol. The summed E-state index contributed by atoms with van der Waals surface area (Å²) in [5, 5.41) is 11.3. The Morgan fingerprint density at radius 2 is 1.57 bits per heavy atom. The quantitative estimate of drug-likeness (QED) is 0.412. The van der Waals surface area contributed by atoms with Gasteiger partial charge in [0.1, 0.15) is 22.1 Å². The van der Waals surface area contributed by atoms with Crippen LogP contribution in [0.3, 0.4) is 0 Å². The third-order valence-electron chi connectivity index (χ3n) is 4.73. The molecule has 2 N–H and O–H groups in total. The number of hydrogen-bond donors (Lipinski definition) is 2. The van der Waals surface area contributed by atoms with Gasteiger partial charge in [-0.25, -0.2) is 8.42 Å². The molecule has 0 saturated carbocycles. The minimum absolute atomic E-state index is 0.121. The van der Waals surface area contributed by atoms with Gasteiger partial charge in [-0.3, -0.25) is 9.52 Å². The minimum Gasteiger partial charge on any atom is -0.495 e. The number of carbonyl (C=O) groups is 1. The highest BCUT2D eigenvalue weighted by Gasteiger charge is 2.21. The maximum Gasteiger partial charge on any atom is 0.265 e. The van der Waals surface area contributed by atoms with E-state index in [0.29, 0.717) is 23.8 Å². The zero-order valence-electron chi connectivity index (χ0n) is 19.3. The molecule has 1 amide bonds. The standard InChI is InChI=1S/C25H25N3O6S/c1-3-33-21-11-6-19(7-12-21)28-35(30,31)24-16-20(8-13-23(24)32-2)27-25(29)17-34-22-9-4-18(5-10-22)14-15-26/h4-13,16,28H,3,14,17H2,1-2H3,(H,27,29). The summed E-state index contributed by atoms with van der Waals surface area (Å²) in [6.45, 7) is 2.08. The molecule has 0 spiro atoms. The van der Waals surface area contributed by atoms with E-state index < -0.39 is 15.9 Å². The van der Waals surface area contributed by atoms with Crippen LogP contribution < -0.4 is 24.2 Å². The van der Waals surface area contributed by atoms with Crippen LogP contribution in [0.4, 0.5) is 11.4 Å². The van der Waals surface area contributed by atoms with Crippen LogP contribution in [0.5, 0.6) is 17.2 Å². The highest BCUT2D eigenvalue weighted by Crippen LogP contribution is 2.29. The lowest BCUT2D eigenvalue weighted by Gasteiger charge is -2.14. The fourth-order valence-electron chi connectivity index (χ4n) is 3.10. The second-order valence-corrected chi connectivity index (χ2v) is 8.90. The van der Waals surface area contributed by atoms with Crippen molar-refractivity contribution < 1.29 is 27.4 Å². The summed E-state index contributed by atoms with van der Waals surface area (Å²) in [5.74, 6) is 0.742. The molecule has 0 bridgehead atoms. The fourth-order valence-corrected chi connectivity index (χ4v) is 4.36. The van der Waals surface area contributed by atoms with Gasteiger partial charge in [0.2, 0.25) is 0 Å². The molecule has 3 rings (SSSR count). The van der Waals surface area contributed by atoms with Crippen LogP contribution in [0, 0.1) is 11.3 Å². The van der Waals surface area contributed by atoms with Gasteiger partial charge >= 0.3 is 0 Å². The van der Waals surface area contributed by atoms with Gasteiger partial charge in [-0.05, 0) is 67.1 Å². The number of rotatable bonds is 11. The molecular weight excluding hydrogens is 470 g/mol. The number of benzene rings is 3. The number of sulfonamides is 1. The Kier molecular flexibility index (Phi) is 8.53. The molecule has 0 radical (unpaired) electrons. The molecule has 182 valence electrons. The molecule has 0 atom stereocenters. The molecular formula is C25H25N3O6S. The normalized spacial score (nSPS) is 10.7. The van der Waals surface area contributed by atoms with Crippen molar-refractivity contribution in [3.63, 3.8) is 0 Å². The van der Waals surface area contributed by atoms with E-state index in [9.17, 15) is 13.2 Å². The molecule has 0 heterocycles. The highest BCUT2D eigenvalue weighted by molar-refractivity contribution is 7.92. The van der Waals surface area contributed by atoms with E-state index in [4.69, 9.17) is 19.5 Å². The first-order valence-electron chi connectivity index (χ1n) is 10.7. The van der Waals surface area contributed by atoms with Crippen LogP contribution in [0.1, 0.15) is 12.5 Å². The Bertz CT molecular complexity index is 1300. The van der Waals surface area contributed by atoms with E-state index in [-0.39, 0.29) is 29.4 Å². The predicted molar refractivity (Wildman–Crippen MR) is 131 cm³/mol. The van der Waals surface area contributed by atoms with Crippen LogP contribution in [-0.2, 0) is 21.2 Å². The second-order valence-electron chi connectivity index (χ2n) is 7.24. The SMILES string of the molecule is CCOc1ccc(NS(=O)(=O)c2cc(NC(=O)COc3ccc(CC#N)cc3)ccc2OC)cc1. The first-order valence-corrected chi connectivity index (χ1v) is 12.1. The average molecular weight is 496 g/mol. The van der Waals surface area contributed by atoms with E-state index in [1.807, 2.05) is 6.92 Å². The Morgan fingerprint density at radius 1 is 0.943 bits per heavy atom. The van der Waals surface area contributed by atoms with E-state index in [1.54, 1.807) is 48.5 Å². The molecule has 0 aliphatic heterocycles. The largest absolute Gasteiger partial charge is 0.495 e. The number of amides is 1. The van der Waals surface area contributed by atoms with Gasteiger partial charge in [0.15, 0.2) is 6.61 Å². The molecule has 9 nitrogen and oxygen atoms in total. The Morgan fingerprint density at radius 3 is 2.20 bits per heavy atom. The number of nitrogens with one attached hydrogen (secondary N) is 2. The molecule has 3 aromatic rings. The number of methoxy groups -OCH3 is 1. The van der Waals surface area contributed by atoms with Crippen molar-refractivity contribution in [2.75, 3.05) is 30.4 Å². The molecule has 0 saturated heterocycles. The van der Waals surface area contributed by atoms with Crippen LogP contribution in [0.15, 0.2) is 71.6 Å². The maximum atomic E-state index is 13.0. The molecule has 0 fully saturated rings. The summed E-state index contributed by atoms with van der Waals surface area (Å²) in [6, 6.07) is 19.7. The summed E-state index contributed by atoms with van der Waals surface area (Å²) < 4.78 is 44.6. The summed E-state index contributed by atoms with van der Waals surface area (Å²) in [5.41, 5.74) is 1.45. The summed E-state index contributed by atoms with van der Waals surface area (Å²) >= 11 is 0. The van der Waals surface area contributed by atoms with E-state index in [1.165, 1.54) is 25.3 Å². The average Bonchev–Trinajstić information content (AvgIpc) is 2.85.